The van der Waals surface area contributed by atoms with Crippen molar-refractivity contribution in [3.63, 3.8) is 0 Å². The average Bonchev–Trinajstić information content (AvgIpc) is 2.73. The van der Waals surface area contributed by atoms with Gasteiger partial charge in [0.05, 0.1) is 23.2 Å². The van der Waals surface area contributed by atoms with Gasteiger partial charge in [-0.3, -0.25) is 4.79 Å². The summed E-state index contributed by atoms with van der Waals surface area (Å²) in [6, 6.07) is 0. The van der Waals surface area contributed by atoms with Gasteiger partial charge in [-0.1, -0.05) is 20.8 Å². The van der Waals surface area contributed by atoms with Crippen LogP contribution in [0.3, 0.4) is 0 Å². The standard InChI is InChI=1S/C14H23NO2S/c1-13(2,3)11-15-10(9-18-11)7-8-14(4,5)12(16)17-6/h9H,7-8H2,1-6H3. The monoisotopic (exact) mass is 269 g/mol. The van der Waals surface area contributed by atoms with Crippen LogP contribution in [0.25, 0.3) is 0 Å². The maximum Gasteiger partial charge on any atom is 0.311 e. The lowest BCUT2D eigenvalue weighted by Gasteiger charge is -2.20. The van der Waals surface area contributed by atoms with Crippen molar-refractivity contribution in [3.05, 3.63) is 16.1 Å². The van der Waals surface area contributed by atoms with E-state index in [0.717, 1.165) is 23.5 Å². The minimum Gasteiger partial charge on any atom is -0.469 e. The summed E-state index contributed by atoms with van der Waals surface area (Å²) in [4.78, 5) is 16.2. The van der Waals surface area contributed by atoms with Gasteiger partial charge in [0, 0.05) is 10.8 Å². The summed E-state index contributed by atoms with van der Waals surface area (Å²) in [5.41, 5.74) is 0.725. The van der Waals surface area contributed by atoms with Crippen molar-refractivity contribution in [2.45, 2.75) is 52.9 Å². The Morgan fingerprint density at radius 1 is 1.33 bits per heavy atom. The van der Waals surface area contributed by atoms with E-state index in [0.29, 0.717) is 0 Å². The van der Waals surface area contributed by atoms with Crippen LogP contribution in [-0.2, 0) is 21.4 Å². The van der Waals surface area contributed by atoms with Crippen molar-refractivity contribution in [1.29, 1.82) is 0 Å². The molecule has 0 bridgehead atoms. The van der Waals surface area contributed by atoms with Crippen LogP contribution in [0.5, 0.6) is 0 Å². The predicted molar refractivity (Wildman–Crippen MR) is 74.9 cm³/mol. The minimum atomic E-state index is -0.444. The SMILES string of the molecule is COC(=O)C(C)(C)CCc1csc(C(C)(C)C)n1. The van der Waals surface area contributed by atoms with Gasteiger partial charge in [-0.25, -0.2) is 4.98 Å². The van der Waals surface area contributed by atoms with Crippen LogP contribution in [0.2, 0.25) is 0 Å². The molecule has 1 aromatic heterocycles. The maximum absolute atomic E-state index is 11.6. The largest absolute Gasteiger partial charge is 0.469 e. The molecule has 1 rings (SSSR count). The van der Waals surface area contributed by atoms with Crippen LogP contribution in [-0.4, -0.2) is 18.1 Å². The zero-order valence-corrected chi connectivity index (χ0v) is 13.0. The number of hydrogen-bond acceptors (Lipinski definition) is 4. The highest BCUT2D eigenvalue weighted by atomic mass is 32.1. The van der Waals surface area contributed by atoms with Gasteiger partial charge in [0.15, 0.2) is 0 Å². The number of aromatic nitrogens is 1. The Kier molecular flexibility index (Phi) is 4.54. The van der Waals surface area contributed by atoms with E-state index in [-0.39, 0.29) is 11.4 Å². The molecule has 0 radical (unpaired) electrons. The summed E-state index contributed by atoms with van der Waals surface area (Å²) in [5.74, 6) is -0.159. The number of ether oxygens (including phenoxy) is 1. The zero-order valence-electron chi connectivity index (χ0n) is 12.2. The number of carbonyl (C=O) groups excluding carboxylic acids is 1. The van der Waals surface area contributed by atoms with Gasteiger partial charge in [-0.05, 0) is 26.7 Å². The number of nitrogens with zero attached hydrogens (tertiary/aromatic N) is 1. The second-order valence-electron chi connectivity index (χ2n) is 6.27. The van der Waals surface area contributed by atoms with Crippen LogP contribution >= 0.6 is 11.3 Å². The lowest BCUT2D eigenvalue weighted by Crippen LogP contribution is -2.26. The van der Waals surface area contributed by atoms with E-state index in [1.165, 1.54) is 7.11 Å². The van der Waals surface area contributed by atoms with Crippen molar-refractivity contribution in [3.8, 4) is 0 Å². The summed E-state index contributed by atoms with van der Waals surface area (Å²) < 4.78 is 4.81. The lowest BCUT2D eigenvalue weighted by atomic mass is 9.87. The molecule has 0 aliphatic rings. The molecule has 0 amide bonds. The fourth-order valence-electron chi connectivity index (χ4n) is 1.59. The smallest absolute Gasteiger partial charge is 0.311 e. The number of aryl methyl sites for hydroxylation is 1. The van der Waals surface area contributed by atoms with Gasteiger partial charge in [-0.15, -0.1) is 11.3 Å². The van der Waals surface area contributed by atoms with Crippen LogP contribution in [0.4, 0.5) is 0 Å². The fraction of sp³-hybridized carbons (Fsp3) is 0.714. The Labute approximate surface area is 114 Å². The molecule has 0 spiro atoms. The maximum atomic E-state index is 11.6. The number of hydrogen-bond donors (Lipinski definition) is 0. The second-order valence-corrected chi connectivity index (χ2v) is 7.13. The highest BCUT2D eigenvalue weighted by molar-refractivity contribution is 7.09. The van der Waals surface area contributed by atoms with E-state index in [9.17, 15) is 4.79 Å². The number of esters is 1. The fourth-order valence-corrected chi connectivity index (χ4v) is 2.53. The molecule has 4 heteroatoms. The summed E-state index contributed by atoms with van der Waals surface area (Å²) in [6.45, 7) is 10.3. The van der Waals surface area contributed by atoms with E-state index in [1.54, 1.807) is 11.3 Å². The van der Waals surface area contributed by atoms with Gasteiger partial charge in [0.1, 0.15) is 0 Å². The Hall–Kier alpha value is -0.900. The number of methoxy groups -OCH3 is 1. The summed E-state index contributed by atoms with van der Waals surface area (Å²) >= 11 is 1.69. The molecule has 0 unspecified atom stereocenters. The van der Waals surface area contributed by atoms with Gasteiger partial charge in [-0.2, -0.15) is 0 Å². The molecule has 1 heterocycles. The van der Waals surface area contributed by atoms with Gasteiger partial charge < -0.3 is 4.74 Å². The molecular formula is C14H23NO2S. The summed E-state index contributed by atoms with van der Waals surface area (Å²) in [7, 11) is 1.44. The minimum absolute atomic E-state index is 0.0980. The lowest BCUT2D eigenvalue weighted by molar-refractivity contribution is -0.151. The number of rotatable bonds is 4. The number of thiazole rings is 1. The molecule has 0 saturated carbocycles. The molecule has 0 aliphatic carbocycles. The van der Waals surface area contributed by atoms with Crippen LogP contribution in [0, 0.1) is 5.41 Å². The van der Waals surface area contributed by atoms with Crippen LogP contribution in [0.15, 0.2) is 5.38 Å². The van der Waals surface area contributed by atoms with Gasteiger partial charge in [0.25, 0.3) is 0 Å². The van der Waals surface area contributed by atoms with Crippen molar-refractivity contribution >= 4 is 17.3 Å². The quantitative estimate of drug-likeness (QED) is 0.784. The number of carbonyl (C=O) groups is 1. The van der Waals surface area contributed by atoms with E-state index in [1.807, 2.05) is 13.8 Å². The first-order valence-corrected chi connectivity index (χ1v) is 7.08. The Balaban J connectivity index is 2.65. The van der Waals surface area contributed by atoms with E-state index in [4.69, 9.17) is 4.74 Å². The zero-order chi connectivity index (χ0) is 14.0. The van der Waals surface area contributed by atoms with E-state index in [2.05, 4.69) is 31.1 Å². The Morgan fingerprint density at radius 3 is 2.39 bits per heavy atom. The summed E-state index contributed by atoms with van der Waals surface area (Å²) in [5, 5.41) is 3.24. The molecule has 0 fully saturated rings. The first-order chi connectivity index (χ1) is 8.16. The molecule has 0 saturated heterocycles. The third-order valence-corrected chi connectivity index (χ3v) is 4.25. The van der Waals surface area contributed by atoms with Crippen molar-refractivity contribution in [2.75, 3.05) is 7.11 Å². The van der Waals surface area contributed by atoms with Gasteiger partial charge in [0.2, 0.25) is 0 Å². The first kappa shape index (κ1) is 15.2. The molecule has 0 N–H and O–H groups in total. The van der Waals surface area contributed by atoms with Crippen molar-refractivity contribution in [2.24, 2.45) is 5.41 Å². The normalized spacial score (nSPS) is 12.6. The third kappa shape index (κ3) is 3.80. The second kappa shape index (κ2) is 5.39. The first-order valence-electron chi connectivity index (χ1n) is 6.20. The molecule has 102 valence electrons. The predicted octanol–water partition coefficient (Wildman–Crippen LogP) is 3.57. The van der Waals surface area contributed by atoms with Crippen molar-refractivity contribution < 1.29 is 9.53 Å². The molecular weight excluding hydrogens is 246 g/mol. The highest BCUT2D eigenvalue weighted by Crippen LogP contribution is 2.28. The van der Waals surface area contributed by atoms with E-state index >= 15 is 0 Å². The van der Waals surface area contributed by atoms with Crippen LogP contribution in [0.1, 0.15) is 51.7 Å². The summed E-state index contributed by atoms with van der Waals surface area (Å²) in [6.07, 6.45) is 1.57. The molecule has 3 nitrogen and oxygen atoms in total. The highest BCUT2D eigenvalue weighted by Gasteiger charge is 2.28. The third-order valence-electron chi connectivity index (χ3n) is 2.94. The topological polar surface area (TPSA) is 39.2 Å². The molecule has 0 aliphatic heterocycles. The molecule has 0 atom stereocenters. The Bertz CT molecular complexity index is 416. The average molecular weight is 269 g/mol. The van der Waals surface area contributed by atoms with Crippen LogP contribution < -0.4 is 0 Å². The van der Waals surface area contributed by atoms with Gasteiger partial charge >= 0.3 is 5.97 Å². The van der Waals surface area contributed by atoms with Crippen molar-refractivity contribution in [1.82, 2.24) is 4.98 Å². The molecule has 1 aromatic rings. The Morgan fingerprint density at radius 2 is 1.94 bits per heavy atom. The van der Waals surface area contributed by atoms with E-state index < -0.39 is 5.41 Å². The molecule has 18 heavy (non-hydrogen) atoms. The molecule has 0 aromatic carbocycles.